The number of methoxy groups -OCH3 is 1. The molecule has 2 aromatic rings. The smallest absolute Gasteiger partial charge is 0.340 e. The second kappa shape index (κ2) is 11.2. The molecule has 1 saturated heterocycles. The predicted molar refractivity (Wildman–Crippen MR) is 125 cm³/mol. The topological polar surface area (TPSA) is 104 Å². The van der Waals surface area contributed by atoms with Gasteiger partial charge in [0.2, 0.25) is 0 Å². The molecule has 3 rings (SSSR count). The third kappa shape index (κ3) is 6.06. The van der Waals surface area contributed by atoms with Crippen molar-refractivity contribution in [2.75, 3.05) is 51.8 Å². The van der Waals surface area contributed by atoms with Crippen LogP contribution in [0.5, 0.6) is 0 Å². The molecule has 1 aromatic carbocycles. The van der Waals surface area contributed by atoms with Gasteiger partial charge in [-0.3, -0.25) is 4.79 Å². The van der Waals surface area contributed by atoms with Crippen molar-refractivity contribution in [3.63, 3.8) is 0 Å². The molecule has 0 unspecified atom stereocenters. The second-order valence-electron chi connectivity index (χ2n) is 7.82. The van der Waals surface area contributed by atoms with Crippen LogP contribution < -0.4 is 5.32 Å². The third-order valence-corrected chi connectivity index (χ3v) is 5.79. The predicted octanol–water partition coefficient (Wildman–Crippen LogP) is 3.47. The molecular weight excluding hydrogens is 448 g/mol. The zero-order valence-corrected chi connectivity index (χ0v) is 19.8. The van der Waals surface area contributed by atoms with Crippen LogP contribution in [-0.2, 0) is 9.47 Å². The monoisotopic (exact) mass is 476 g/mol. The van der Waals surface area contributed by atoms with Crippen molar-refractivity contribution in [1.29, 1.82) is 0 Å². The fourth-order valence-electron chi connectivity index (χ4n) is 3.78. The summed E-state index contributed by atoms with van der Waals surface area (Å²) in [6, 6.07) is 6.68. The van der Waals surface area contributed by atoms with Crippen molar-refractivity contribution in [2.45, 2.75) is 20.3 Å². The molecule has 3 amide bonds. The maximum atomic E-state index is 13.2. The van der Waals surface area contributed by atoms with E-state index in [9.17, 15) is 14.4 Å². The average Bonchev–Trinajstić information content (AvgIpc) is 2.95. The van der Waals surface area contributed by atoms with Gasteiger partial charge in [-0.2, -0.15) is 0 Å². The molecule has 2 heterocycles. The lowest BCUT2D eigenvalue weighted by Crippen LogP contribution is -2.39. The summed E-state index contributed by atoms with van der Waals surface area (Å²) in [6.07, 6.45) is 0.643. The van der Waals surface area contributed by atoms with Crippen LogP contribution in [0.4, 0.5) is 10.5 Å². The van der Waals surface area contributed by atoms with Crippen LogP contribution in [0, 0.1) is 13.8 Å². The van der Waals surface area contributed by atoms with Gasteiger partial charge in [-0.1, -0.05) is 11.6 Å². The molecule has 0 saturated carbocycles. The first kappa shape index (κ1) is 24.6. The summed E-state index contributed by atoms with van der Waals surface area (Å²) >= 11 is 5.89. The number of nitrogens with one attached hydrogen (secondary N) is 2. The van der Waals surface area contributed by atoms with E-state index < -0.39 is 5.97 Å². The lowest BCUT2D eigenvalue weighted by atomic mass is 10.1. The number of ether oxygens (including phenoxy) is 2. The maximum Gasteiger partial charge on any atom is 0.340 e. The summed E-state index contributed by atoms with van der Waals surface area (Å²) in [7, 11) is 1.53. The van der Waals surface area contributed by atoms with E-state index in [2.05, 4.69) is 10.3 Å². The van der Waals surface area contributed by atoms with E-state index in [0.29, 0.717) is 72.4 Å². The Bertz CT molecular complexity index is 1010. The fourth-order valence-corrected chi connectivity index (χ4v) is 3.90. The Balaban J connectivity index is 1.63. The highest BCUT2D eigenvalue weighted by Gasteiger charge is 2.28. The molecule has 0 bridgehead atoms. The van der Waals surface area contributed by atoms with Crippen LogP contribution in [0.15, 0.2) is 24.3 Å². The van der Waals surface area contributed by atoms with Crippen molar-refractivity contribution in [3.05, 3.63) is 51.8 Å². The first-order valence-electron chi connectivity index (χ1n) is 10.8. The number of rotatable bonds is 6. The summed E-state index contributed by atoms with van der Waals surface area (Å²) in [6.45, 7) is 5.74. The fraction of sp³-hybridized carbons (Fsp3) is 0.435. The standard InChI is InChI=1S/C23H29ClN4O5/c1-15-19(22(30)33-14-13-32-3)16(2)25-20(15)21(29)27-9-4-10-28(12-11-27)23(31)26-18-7-5-17(24)6-8-18/h5-8,25H,4,9-14H2,1-3H3,(H,26,31). The number of carbonyl (C=O) groups excluding carboxylic acids is 3. The number of anilines is 1. The van der Waals surface area contributed by atoms with Gasteiger partial charge in [-0.25, -0.2) is 9.59 Å². The Morgan fingerprint density at radius 1 is 1.03 bits per heavy atom. The minimum atomic E-state index is -0.488. The number of aryl methyl sites for hydroxylation is 1. The molecule has 1 aromatic heterocycles. The van der Waals surface area contributed by atoms with Gasteiger partial charge in [0.25, 0.3) is 5.91 Å². The molecule has 10 heteroatoms. The van der Waals surface area contributed by atoms with Gasteiger partial charge in [0.05, 0.1) is 12.2 Å². The average molecular weight is 477 g/mol. The number of urea groups is 1. The highest BCUT2D eigenvalue weighted by atomic mass is 35.5. The molecule has 0 atom stereocenters. The van der Waals surface area contributed by atoms with Gasteiger partial charge in [0.15, 0.2) is 0 Å². The molecule has 1 aliphatic rings. The number of halogens is 1. The summed E-state index contributed by atoms with van der Waals surface area (Å²) in [5.41, 5.74) is 2.53. The Hall–Kier alpha value is -3.04. The molecular formula is C23H29ClN4O5. The van der Waals surface area contributed by atoms with Crippen LogP contribution in [0.2, 0.25) is 5.02 Å². The highest BCUT2D eigenvalue weighted by Crippen LogP contribution is 2.21. The molecule has 9 nitrogen and oxygen atoms in total. The summed E-state index contributed by atoms with van der Waals surface area (Å²) < 4.78 is 10.1. The van der Waals surface area contributed by atoms with Gasteiger partial charge in [-0.15, -0.1) is 0 Å². The number of hydrogen-bond donors (Lipinski definition) is 2. The number of aromatic amines is 1. The van der Waals surface area contributed by atoms with Gasteiger partial charge in [0.1, 0.15) is 12.3 Å². The lowest BCUT2D eigenvalue weighted by Gasteiger charge is -2.22. The molecule has 178 valence electrons. The molecule has 2 N–H and O–H groups in total. The van der Waals surface area contributed by atoms with Crippen LogP contribution in [0.3, 0.4) is 0 Å². The first-order chi connectivity index (χ1) is 15.8. The van der Waals surface area contributed by atoms with Crippen molar-refractivity contribution < 1.29 is 23.9 Å². The maximum absolute atomic E-state index is 13.2. The van der Waals surface area contributed by atoms with Crippen molar-refractivity contribution in [1.82, 2.24) is 14.8 Å². The van der Waals surface area contributed by atoms with Gasteiger partial charge in [0, 0.05) is 49.7 Å². The largest absolute Gasteiger partial charge is 0.460 e. The number of benzene rings is 1. The van der Waals surface area contributed by atoms with Crippen molar-refractivity contribution in [3.8, 4) is 0 Å². The summed E-state index contributed by atoms with van der Waals surface area (Å²) in [5, 5.41) is 3.45. The Labute approximate surface area is 198 Å². The second-order valence-corrected chi connectivity index (χ2v) is 8.26. The van der Waals surface area contributed by atoms with Crippen molar-refractivity contribution in [2.24, 2.45) is 0 Å². The number of hydrogen-bond acceptors (Lipinski definition) is 5. The summed E-state index contributed by atoms with van der Waals surface area (Å²) in [5.74, 6) is -0.690. The minimum Gasteiger partial charge on any atom is -0.460 e. The van der Waals surface area contributed by atoms with Crippen LogP contribution in [0.1, 0.15) is 38.5 Å². The van der Waals surface area contributed by atoms with E-state index in [-0.39, 0.29) is 18.5 Å². The Morgan fingerprint density at radius 3 is 2.39 bits per heavy atom. The number of H-pyrrole nitrogens is 1. The van der Waals surface area contributed by atoms with Crippen molar-refractivity contribution >= 4 is 35.2 Å². The number of nitrogens with zero attached hydrogens (tertiary/aromatic N) is 2. The number of aromatic nitrogens is 1. The van der Waals surface area contributed by atoms with E-state index in [0.717, 1.165) is 0 Å². The zero-order valence-electron chi connectivity index (χ0n) is 19.1. The van der Waals surface area contributed by atoms with Crippen LogP contribution >= 0.6 is 11.6 Å². The van der Waals surface area contributed by atoms with E-state index in [1.165, 1.54) is 7.11 Å². The Kier molecular flexibility index (Phi) is 8.35. The third-order valence-electron chi connectivity index (χ3n) is 5.54. The molecule has 1 aliphatic heterocycles. The van der Waals surface area contributed by atoms with E-state index >= 15 is 0 Å². The minimum absolute atomic E-state index is 0.142. The number of esters is 1. The quantitative estimate of drug-likeness (QED) is 0.490. The number of amides is 3. The zero-order chi connectivity index (χ0) is 24.0. The first-order valence-corrected chi connectivity index (χ1v) is 11.2. The van der Waals surface area contributed by atoms with Gasteiger partial charge in [-0.05, 0) is 50.1 Å². The molecule has 1 fully saturated rings. The lowest BCUT2D eigenvalue weighted by molar-refractivity contribution is 0.0386. The SMILES string of the molecule is COCCOC(=O)c1c(C)[nH]c(C(=O)N2CCCN(C(=O)Nc3ccc(Cl)cc3)CC2)c1C. The normalized spacial score (nSPS) is 14.1. The van der Waals surface area contributed by atoms with Gasteiger partial charge < -0.3 is 29.6 Å². The van der Waals surface area contributed by atoms with Crippen LogP contribution in [-0.4, -0.2) is 79.2 Å². The number of carbonyl (C=O) groups is 3. The van der Waals surface area contributed by atoms with E-state index in [1.807, 2.05) is 0 Å². The molecule has 0 spiro atoms. The van der Waals surface area contributed by atoms with E-state index in [1.54, 1.807) is 47.9 Å². The molecule has 0 radical (unpaired) electrons. The highest BCUT2D eigenvalue weighted by molar-refractivity contribution is 6.30. The van der Waals surface area contributed by atoms with Gasteiger partial charge >= 0.3 is 12.0 Å². The Morgan fingerprint density at radius 2 is 1.70 bits per heavy atom. The van der Waals surface area contributed by atoms with Crippen LogP contribution in [0.25, 0.3) is 0 Å². The summed E-state index contributed by atoms with van der Waals surface area (Å²) in [4.78, 5) is 44.7. The molecule has 0 aliphatic carbocycles. The molecule has 33 heavy (non-hydrogen) atoms. The van der Waals surface area contributed by atoms with E-state index in [4.69, 9.17) is 21.1 Å².